The summed E-state index contributed by atoms with van der Waals surface area (Å²) in [5.41, 5.74) is 1.31. The highest BCUT2D eigenvalue weighted by atomic mass is 16.6. The second kappa shape index (κ2) is 6.27. The van der Waals surface area contributed by atoms with E-state index in [1.165, 1.54) is 5.87 Å². The summed E-state index contributed by atoms with van der Waals surface area (Å²) in [7, 11) is 0. The van der Waals surface area contributed by atoms with Gasteiger partial charge in [0.1, 0.15) is 0 Å². The Hall–Kier alpha value is -3.24. The van der Waals surface area contributed by atoms with Crippen LogP contribution in [0.3, 0.4) is 0 Å². The van der Waals surface area contributed by atoms with Gasteiger partial charge >= 0.3 is 11.6 Å². The molecule has 0 heterocycles. The quantitative estimate of drug-likeness (QED) is 0.403. The first-order valence-electron chi connectivity index (χ1n) is 6.00. The van der Waals surface area contributed by atoms with Crippen molar-refractivity contribution in [2.24, 2.45) is 0 Å². The molecule has 0 aromatic heterocycles. The zero-order valence-corrected chi connectivity index (χ0v) is 10.8. The third-order valence-electron chi connectivity index (χ3n) is 2.75. The predicted molar refractivity (Wildman–Crippen MR) is 79.4 cm³/mol. The molecule has 0 aliphatic carbocycles. The van der Waals surface area contributed by atoms with Gasteiger partial charge in [-0.2, -0.15) is 5.87 Å². The first-order valence-corrected chi connectivity index (χ1v) is 6.00. The van der Waals surface area contributed by atoms with Crippen LogP contribution in [-0.4, -0.2) is 16.7 Å². The second-order valence-corrected chi connectivity index (χ2v) is 4.12. The third-order valence-corrected chi connectivity index (χ3v) is 2.75. The van der Waals surface area contributed by atoms with Crippen LogP contribution >= 0.6 is 0 Å². The Morgan fingerprint density at radius 1 is 1.05 bits per heavy atom. The number of carbonyl (C=O) groups excluding carboxylic acids is 1. The van der Waals surface area contributed by atoms with Gasteiger partial charge in [-0.05, 0) is 23.3 Å². The van der Waals surface area contributed by atoms with Gasteiger partial charge < -0.3 is 10.7 Å². The van der Waals surface area contributed by atoms with Crippen molar-refractivity contribution in [2.45, 2.75) is 0 Å². The molecule has 0 aliphatic rings. The number of amides is 1. The van der Waals surface area contributed by atoms with Gasteiger partial charge in [-0.25, -0.2) is 0 Å². The number of nitrogens with one attached hydrogen (secondary N) is 1. The minimum Gasteiger partial charge on any atom is -0.757 e. The molecule has 2 rings (SSSR count). The molecule has 6 nitrogen and oxygen atoms in total. The average Bonchev–Trinajstić information content (AvgIpc) is 2.49. The fraction of sp³-hybridized carbons (Fsp3) is 0. The van der Waals surface area contributed by atoms with Gasteiger partial charge in [0.2, 0.25) is 0 Å². The van der Waals surface area contributed by atoms with E-state index in [9.17, 15) is 14.9 Å². The Morgan fingerprint density at radius 2 is 1.62 bits per heavy atom. The SMILES string of the molecule is [N-]=C=C(C(=O)Nc1ccc(-c2ccccc2)cc1)[N+](=O)[O-]. The molecule has 2 aromatic carbocycles. The molecule has 0 bridgehead atoms. The number of nitro groups is 1. The van der Waals surface area contributed by atoms with Crippen LogP contribution in [0.1, 0.15) is 0 Å². The van der Waals surface area contributed by atoms with Gasteiger partial charge in [-0.1, -0.05) is 42.5 Å². The normalized spacial score (nSPS) is 9.52. The Balaban J connectivity index is 2.15. The van der Waals surface area contributed by atoms with Crippen molar-refractivity contribution in [3.63, 3.8) is 0 Å². The zero-order chi connectivity index (χ0) is 15.2. The molecule has 0 unspecified atom stereocenters. The Labute approximate surface area is 120 Å². The summed E-state index contributed by atoms with van der Waals surface area (Å²) in [5, 5.41) is 21.3. The van der Waals surface area contributed by atoms with Crippen LogP contribution in [0.25, 0.3) is 16.5 Å². The van der Waals surface area contributed by atoms with Gasteiger partial charge in [0.15, 0.2) is 0 Å². The smallest absolute Gasteiger partial charge is 0.353 e. The van der Waals surface area contributed by atoms with E-state index in [0.717, 1.165) is 11.1 Å². The molecule has 0 saturated heterocycles. The van der Waals surface area contributed by atoms with E-state index in [1.807, 2.05) is 30.3 Å². The number of anilines is 1. The summed E-state index contributed by atoms with van der Waals surface area (Å²) in [5.74, 6) is 0.232. The molecule has 0 atom stereocenters. The first kappa shape index (κ1) is 14.2. The lowest BCUT2D eigenvalue weighted by molar-refractivity contribution is -0.415. The first-order chi connectivity index (χ1) is 10.1. The van der Waals surface area contributed by atoms with Gasteiger partial charge in [-0.15, -0.1) is 0 Å². The maximum Gasteiger partial charge on any atom is 0.353 e. The maximum absolute atomic E-state index is 11.5. The van der Waals surface area contributed by atoms with E-state index < -0.39 is 16.5 Å². The molecule has 6 heteroatoms. The number of hydrogen-bond donors (Lipinski definition) is 1. The summed E-state index contributed by atoms with van der Waals surface area (Å²) < 4.78 is 0. The monoisotopic (exact) mass is 280 g/mol. The molecule has 21 heavy (non-hydrogen) atoms. The van der Waals surface area contributed by atoms with Gasteiger partial charge in [0, 0.05) is 5.69 Å². The summed E-state index contributed by atoms with van der Waals surface area (Å²) in [6, 6.07) is 16.4. The fourth-order valence-corrected chi connectivity index (χ4v) is 1.74. The molecule has 0 radical (unpaired) electrons. The Kier molecular flexibility index (Phi) is 4.23. The number of benzene rings is 2. The topological polar surface area (TPSA) is 94.5 Å². The summed E-state index contributed by atoms with van der Waals surface area (Å²) >= 11 is 0. The third kappa shape index (κ3) is 3.40. The van der Waals surface area contributed by atoms with Crippen LogP contribution in [0.2, 0.25) is 0 Å². The average molecular weight is 280 g/mol. The highest BCUT2D eigenvalue weighted by Gasteiger charge is 2.19. The van der Waals surface area contributed by atoms with Crippen LogP contribution in [-0.2, 0) is 4.79 Å². The standard InChI is InChI=1S/C15H10N3O3/c16-10-14(18(20)21)15(19)17-13-8-6-12(7-9-13)11-4-2-1-3-5-11/h1-9H,(H,17,19)/q-1. The minimum atomic E-state index is -1.04. The van der Waals surface area contributed by atoms with Crippen molar-refractivity contribution in [1.29, 1.82) is 0 Å². The fourth-order valence-electron chi connectivity index (χ4n) is 1.74. The van der Waals surface area contributed by atoms with E-state index in [0.29, 0.717) is 5.69 Å². The minimum absolute atomic E-state index is 0.384. The van der Waals surface area contributed by atoms with E-state index in [2.05, 4.69) is 5.32 Å². The molecular weight excluding hydrogens is 270 g/mol. The number of carbonyl (C=O) groups is 1. The lowest BCUT2D eigenvalue weighted by Crippen LogP contribution is -2.20. The van der Waals surface area contributed by atoms with Crippen LogP contribution < -0.4 is 5.32 Å². The van der Waals surface area contributed by atoms with Gasteiger partial charge in [0.25, 0.3) is 0 Å². The van der Waals surface area contributed by atoms with E-state index in [4.69, 9.17) is 5.41 Å². The van der Waals surface area contributed by atoms with Crippen LogP contribution in [0.5, 0.6) is 0 Å². The van der Waals surface area contributed by atoms with Crippen LogP contribution in [0, 0.1) is 10.1 Å². The molecule has 2 aromatic rings. The maximum atomic E-state index is 11.5. The molecule has 0 spiro atoms. The van der Waals surface area contributed by atoms with Crippen molar-refractivity contribution in [3.05, 3.63) is 75.8 Å². The van der Waals surface area contributed by atoms with Crippen molar-refractivity contribution < 1.29 is 9.72 Å². The van der Waals surface area contributed by atoms with E-state index >= 15 is 0 Å². The summed E-state index contributed by atoms with van der Waals surface area (Å²) in [6.45, 7) is 0. The molecule has 0 saturated carbocycles. The molecule has 1 amide bonds. The van der Waals surface area contributed by atoms with E-state index in [-0.39, 0.29) is 0 Å². The van der Waals surface area contributed by atoms with Crippen molar-refractivity contribution >= 4 is 17.5 Å². The van der Waals surface area contributed by atoms with Crippen LogP contribution in [0.15, 0.2) is 60.3 Å². The zero-order valence-electron chi connectivity index (χ0n) is 10.8. The van der Waals surface area contributed by atoms with Crippen molar-refractivity contribution in [1.82, 2.24) is 0 Å². The van der Waals surface area contributed by atoms with Crippen molar-refractivity contribution in [2.75, 3.05) is 5.32 Å². The number of hydrogen-bond acceptors (Lipinski definition) is 3. The molecule has 104 valence electrons. The molecular formula is C15H10N3O3-. The Bertz CT molecular complexity index is 718. The second-order valence-electron chi connectivity index (χ2n) is 4.12. The molecule has 0 aliphatic heterocycles. The van der Waals surface area contributed by atoms with Crippen LogP contribution in [0.4, 0.5) is 5.69 Å². The highest BCUT2D eigenvalue weighted by Crippen LogP contribution is 2.21. The summed E-state index contributed by atoms with van der Waals surface area (Å²) in [4.78, 5) is 21.0. The number of nitrogens with zero attached hydrogens (tertiary/aromatic N) is 2. The van der Waals surface area contributed by atoms with Crippen molar-refractivity contribution in [3.8, 4) is 11.1 Å². The van der Waals surface area contributed by atoms with E-state index in [1.54, 1.807) is 24.3 Å². The lowest BCUT2D eigenvalue weighted by atomic mass is 10.1. The highest BCUT2D eigenvalue weighted by molar-refractivity contribution is 6.07. The molecule has 0 fully saturated rings. The van der Waals surface area contributed by atoms with Gasteiger partial charge in [-0.3, -0.25) is 14.9 Å². The Morgan fingerprint density at radius 3 is 2.14 bits per heavy atom. The van der Waals surface area contributed by atoms with Gasteiger partial charge in [0.05, 0.1) is 4.92 Å². The largest absolute Gasteiger partial charge is 0.757 e. The lowest BCUT2D eigenvalue weighted by Gasteiger charge is -2.05. The number of rotatable bonds is 4. The molecule has 1 N–H and O–H groups in total. The summed E-state index contributed by atoms with van der Waals surface area (Å²) in [6.07, 6.45) is 0. The predicted octanol–water partition coefficient (Wildman–Crippen LogP) is 2.69.